The first-order valence-corrected chi connectivity index (χ1v) is 6.38. The van der Waals surface area contributed by atoms with Gasteiger partial charge in [0.25, 0.3) is 0 Å². The lowest BCUT2D eigenvalue weighted by atomic mass is 10.1. The molecule has 0 aromatic heterocycles. The maximum atomic E-state index is 12.8. The lowest BCUT2D eigenvalue weighted by molar-refractivity contribution is 0.0696. The zero-order valence-electron chi connectivity index (χ0n) is 11.2. The third-order valence-electron chi connectivity index (χ3n) is 3.11. The Labute approximate surface area is 117 Å². The molecule has 0 spiro atoms. The van der Waals surface area contributed by atoms with Crippen LogP contribution in [0.15, 0.2) is 42.5 Å². The van der Waals surface area contributed by atoms with E-state index in [-0.39, 0.29) is 5.82 Å². The minimum absolute atomic E-state index is 0.235. The number of halogens is 1. The Kier molecular flexibility index (Phi) is 4.35. The first-order chi connectivity index (χ1) is 9.56. The molecular formula is C16H16FNO2. The largest absolute Gasteiger partial charge is 0.478 e. The van der Waals surface area contributed by atoms with Gasteiger partial charge in [0, 0.05) is 12.2 Å². The van der Waals surface area contributed by atoms with Crippen LogP contribution in [0.2, 0.25) is 0 Å². The zero-order valence-corrected chi connectivity index (χ0v) is 11.2. The Morgan fingerprint density at radius 3 is 2.50 bits per heavy atom. The molecule has 3 nitrogen and oxygen atoms in total. The number of rotatable bonds is 5. The monoisotopic (exact) mass is 273 g/mol. The van der Waals surface area contributed by atoms with E-state index in [0.29, 0.717) is 12.1 Å². The van der Waals surface area contributed by atoms with E-state index in [0.717, 1.165) is 23.2 Å². The summed E-state index contributed by atoms with van der Waals surface area (Å²) in [5, 5.41) is 12.2. The van der Waals surface area contributed by atoms with Crippen molar-refractivity contribution in [3.8, 4) is 0 Å². The topological polar surface area (TPSA) is 49.3 Å². The van der Waals surface area contributed by atoms with E-state index in [9.17, 15) is 9.18 Å². The summed E-state index contributed by atoms with van der Waals surface area (Å²) in [6.45, 7) is 2.48. The highest BCUT2D eigenvalue weighted by Crippen LogP contribution is 2.15. The van der Waals surface area contributed by atoms with Crippen molar-refractivity contribution in [1.29, 1.82) is 0 Å². The van der Waals surface area contributed by atoms with Gasteiger partial charge in [0.15, 0.2) is 0 Å². The lowest BCUT2D eigenvalue weighted by Gasteiger charge is -2.09. The van der Waals surface area contributed by atoms with Crippen LogP contribution in [-0.4, -0.2) is 17.6 Å². The van der Waals surface area contributed by atoms with E-state index in [1.807, 2.05) is 6.07 Å². The molecule has 0 heterocycles. The highest BCUT2D eigenvalue weighted by molar-refractivity contribution is 5.89. The predicted octanol–water partition coefficient (Wildman–Crippen LogP) is 3.49. The zero-order chi connectivity index (χ0) is 14.5. The van der Waals surface area contributed by atoms with Gasteiger partial charge in [0.1, 0.15) is 5.82 Å². The summed E-state index contributed by atoms with van der Waals surface area (Å²) in [6, 6.07) is 11.6. The minimum Gasteiger partial charge on any atom is -0.478 e. The second-order valence-corrected chi connectivity index (χ2v) is 4.64. The molecule has 0 aliphatic rings. The van der Waals surface area contributed by atoms with Gasteiger partial charge in [-0.1, -0.05) is 12.1 Å². The van der Waals surface area contributed by atoms with Gasteiger partial charge in [0.05, 0.1) is 5.56 Å². The smallest absolute Gasteiger partial charge is 0.335 e. The quantitative estimate of drug-likeness (QED) is 0.876. The van der Waals surface area contributed by atoms with Gasteiger partial charge in [-0.05, 0) is 54.8 Å². The molecule has 0 saturated heterocycles. The van der Waals surface area contributed by atoms with Gasteiger partial charge in [-0.15, -0.1) is 0 Å². The number of hydrogen-bond donors (Lipinski definition) is 2. The Balaban J connectivity index is 1.92. The van der Waals surface area contributed by atoms with E-state index in [1.165, 1.54) is 12.1 Å². The number of aromatic carboxylic acids is 1. The molecule has 0 saturated carbocycles. The second kappa shape index (κ2) is 6.19. The fourth-order valence-electron chi connectivity index (χ4n) is 2.02. The Morgan fingerprint density at radius 1 is 1.20 bits per heavy atom. The second-order valence-electron chi connectivity index (χ2n) is 4.64. The van der Waals surface area contributed by atoms with E-state index in [2.05, 4.69) is 5.32 Å². The molecule has 0 fully saturated rings. The highest BCUT2D eigenvalue weighted by Gasteiger charge is 2.06. The van der Waals surface area contributed by atoms with Crippen molar-refractivity contribution < 1.29 is 14.3 Å². The van der Waals surface area contributed by atoms with Crippen molar-refractivity contribution in [3.63, 3.8) is 0 Å². The summed E-state index contributed by atoms with van der Waals surface area (Å²) in [5.41, 5.74) is 2.98. The van der Waals surface area contributed by atoms with Gasteiger partial charge in [-0.3, -0.25) is 0 Å². The fourth-order valence-corrected chi connectivity index (χ4v) is 2.02. The molecule has 2 N–H and O–H groups in total. The van der Waals surface area contributed by atoms with Crippen molar-refractivity contribution in [2.45, 2.75) is 13.3 Å². The minimum atomic E-state index is -0.916. The number of carboxylic acids is 1. The maximum absolute atomic E-state index is 12.8. The van der Waals surface area contributed by atoms with Crippen LogP contribution in [0.4, 0.5) is 10.1 Å². The number of carbonyl (C=O) groups is 1. The number of hydrogen-bond acceptors (Lipinski definition) is 2. The van der Waals surface area contributed by atoms with Crippen LogP contribution >= 0.6 is 0 Å². The van der Waals surface area contributed by atoms with Crippen molar-refractivity contribution in [2.24, 2.45) is 0 Å². The molecular weight excluding hydrogens is 257 g/mol. The Morgan fingerprint density at radius 2 is 1.90 bits per heavy atom. The van der Waals surface area contributed by atoms with Crippen molar-refractivity contribution in [2.75, 3.05) is 11.9 Å². The van der Waals surface area contributed by atoms with Crippen LogP contribution < -0.4 is 5.32 Å². The molecule has 0 amide bonds. The number of benzene rings is 2. The van der Waals surface area contributed by atoms with Gasteiger partial charge < -0.3 is 10.4 Å². The summed E-state index contributed by atoms with van der Waals surface area (Å²) in [6.07, 6.45) is 0.778. The Hall–Kier alpha value is -2.36. The molecule has 2 aromatic rings. The van der Waals surface area contributed by atoms with E-state index >= 15 is 0 Å². The molecule has 2 aromatic carbocycles. The summed E-state index contributed by atoms with van der Waals surface area (Å²) in [7, 11) is 0. The normalized spacial score (nSPS) is 10.3. The van der Waals surface area contributed by atoms with Crippen LogP contribution in [-0.2, 0) is 6.42 Å². The molecule has 0 bridgehead atoms. The molecule has 0 radical (unpaired) electrons. The summed E-state index contributed by atoms with van der Waals surface area (Å²) in [4.78, 5) is 10.9. The fraction of sp³-hybridized carbons (Fsp3) is 0.188. The van der Waals surface area contributed by atoms with Crippen LogP contribution in [0.5, 0.6) is 0 Å². The van der Waals surface area contributed by atoms with Gasteiger partial charge in [0.2, 0.25) is 0 Å². The molecule has 4 heteroatoms. The average molecular weight is 273 g/mol. The SMILES string of the molecule is Cc1cc(NCCc2ccc(F)cc2)ccc1C(=O)O. The number of nitrogens with one attached hydrogen (secondary N) is 1. The van der Waals surface area contributed by atoms with Crippen LogP contribution in [0, 0.1) is 12.7 Å². The van der Waals surface area contributed by atoms with E-state index in [4.69, 9.17) is 5.11 Å². The average Bonchev–Trinajstić information content (AvgIpc) is 2.41. The summed E-state index contributed by atoms with van der Waals surface area (Å²) < 4.78 is 12.8. The summed E-state index contributed by atoms with van der Waals surface area (Å²) >= 11 is 0. The van der Waals surface area contributed by atoms with Crippen molar-refractivity contribution >= 4 is 11.7 Å². The van der Waals surface area contributed by atoms with Crippen molar-refractivity contribution in [1.82, 2.24) is 0 Å². The number of carboxylic acid groups (broad SMARTS) is 1. The maximum Gasteiger partial charge on any atom is 0.335 e. The first kappa shape index (κ1) is 14.1. The highest BCUT2D eigenvalue weighted by atomic mass is 19.1. The molecule has 0 aliphatic carbocycles. The third kappa shape index (κ3) is 3.57. The van der Waals surface area contributed by atoms with E-state index in [1.54, 1.807) is 31.2 Å². The van der Waals surface area contributed by atoms with Gasteiger partial charge in [-0.2, -0.15) is 0 Å². The van der Waals surface area contributed by atoms with Crippen LogP contribution in [0.1, 0.15) is 21.5 Å². The molecule has 2 rings (SSSR count). The summed E-state index contributed by atoms with van der Waals surface area (Å²) in [5.74, 6) is -1.15. The van der Waals surface area contributed by atoms with Gasteiger partial charge in [-0.25, -0.2) is 9.18 Å². The molecule has 0 atom stereocenters. The molecule has 0 unspecified atom stereocenters. The standard InChI is InChI=1S/C16H16FNO2/c1-11-10-14(6-7-15(11)16(19)20)18-9-8-12-2-4-13(17)5-3-12/h2-7,10,18H,8-9H2,1H3,(H,19,20). The van der Waals surface area contributed by atoms with E-state index < -0.39 is 5.97 Å². The van der Waals surface area contributed by atoms with Gasteiger partial charge >= 0.3 is 5.97 Å². The predicted molar refractivity (Wildman–Crippen MR) is 76.7 cm³/mol. The van der Waals surface area contributed by atoms with Crippen LogP contribution in [0.25, 0.3) is 0 Å². The third-order valence-corrected chi connectivity index (χ3v) is 3.11. The number of aryl methyl sites for hydroxylation is 1. The lowest BCUT2D eigenvalue weighted by Crippen LogP contribution is -2.06. The Bertz CT molecular complexity index is 608. The molecule has 20 heavy (non-hydrogen) atoms. The number of anilines is 1. The first-order valence-electron chi connectivity index (χ1n) is 6.38. The van der Waals surface area contributed by atoms with Crippen LogP contribution in [0.3, 0.4) is 0 Å². The molecule has 0 aliphatic heterocycles. The molecule has 104 valence electrons. The van der Waals surface area contributed by atoms with Crippen molar-refractivity contribution in [3.05, 3.63) is 65.0 Å².